The summed E-state index contributed by atoms with van der Waals surface area (Å²) in [7, 11) is 0. The smallest absolute Gasteiger partial charge is 0.254 e. The van der Waals surface area contributed by atoms with Crippen molar-refractivity contribution in [3.8, 4) is 6.07 Å². The van der Waals surface area contributed by atoms with Crippen molar-refractivity contribution in [2.24, 2.45) is 0 Å². The van der Waals surface area contributed by atoms with Crippen LogP contribution in [0.2, 0.25) is 5.02 Å². The van der Waals surface area contributed by atoms with Gasteiger partial charge in [0.1, 0.15) is 5.82 Å². The molecule has 9 heteroatoms. The van der Waals surface area contributed by atoms with Gasteiger partial charge in [-0.3, -0.25) is 9.59 Å². The standard InChI is InChI=1S/C28H22ClFN4O2S/c1-17-25(27(36)34-20-13-11-18(29)12-14-20)26(21-9-5-6-10-23(21)30)22(15-31)28(32-17)37-16-24(35)33-19-7-3-2-4-8-19/h2-14,26,32H,16H2,1H3,(H,33,35)(H,34,36)/t26-/m1/s1. The van der Waals surface area contributed by atoms with Gasteiger partial charge in [0.15, 0.2) is 0 Å². The van der Waals surface area contributed by atoms with E-state index in [0.717, 1.165) is 11.8 Å². The van der Waals surface area contributed by atoms with Crippen LogP contribution in [0, 0.1) is 17.1 Å². The number of para-hydroxylation sites is 1. The number of halogens is 2. The van der Waals surface area contributed by atoms with E-state index in [2.05, 4.69) is 22.0 Å². The number of allylic oxidation sites excluding steroid dienone is 2. The molecule has 1 atom stereocenters. The highest BCUT2D eigenvalue weighted by molar-refractivity contribution is 8.03. The first-order valence-corrected chi connectivity index (χ1v) is 12.6. The van der Waals surface area contributed by atoms with E-state index in [4.69, 9.17) is 11.6 Å². The number of carbonyl (C=O) groups is 2. The Morgan fingerprint density at radius 2 is 1.65 bits per heavy atom. The van der Waals surface area contributed by atoms with Crippen molar-refractivity contribution in [3.05, 3.63) is 117 Å². The number of thioether (sulfide) groups is 1. The van der Waals surface area contributed by atoms with Crippen LogP contribution in [-0.2, 0) is 9.59 Å². The summed E-state index contributed by atoms with van der Waals surface area (Å²) in [5, 5.41) is 19.7. The molecule has 3 aromatic rings. The molecule has 0 spiro atoms. The van der Waals surface area contributed by atoms with Gasteiger partial charge in [0.05, 0.1) is 28.3 Å². The highest BCUT2D eigenvalue weighted by Crippen LogP contribution is 2.41. The maximum Gasteiger partial charge on any atom is 0.254 e. The van der Waals surface area contributed by atoms with E-state index < -0.39 is 17.6 Å². The zero-order valence-electron chi connectivity index (χ0n) is 19.7. The molecule has 0 bridgehead atoms. The first kappa shape index (κ1) is 26.0. The van der Waals surface area contributed by atoms with Gasteiger partial charge in [-0.25, -0.2) is 4.39 Å². The van der Waals surface area contributed by atoms with Crippen molar-refractivity contribution in [1.29, 1.82) is 5.26 Å². The molecule has 0 aromatic heterocycles. The van der Waals surface area contributed by atoms with E-state index in [-0.39, 0.29) is 28.4 Å². The minimum atomic E-state index is -0.973. The first-order chi connectivity index (χ1) is 17.9. The summed E-state index contributed by atoms with van der Waals surface area (Å²) >= 11 is 7.06. The summed E-state index contributed by atoms with van der Waals surface area (Å²) in [5.41, 5.74) is 2.14. The van der Waals surface area contributed by atoms with E-state index >= 15 is 4.39 Å². The third kappa shape index (κ3) is 6.20. The largest absolute Gasteiger partial charge is 0.353 e. The summed E-state index contributed by atoms with van der Waals surface area (Å²) in [4.78, 5) is 26.0. The number of dihydropyridines is 1. The average Bonchev–Trinajstić information content (AvgIpc) is 2.89. The highest BCUT2D eigenvalue weighted by atomic mass is 35.5. The predicted octanol–water partition coefficient (Wildman–Crippen LogP) is 6.19. The third-order valence-electron chi connectivity index (χ3n) is 5.62. The van der Waals surface area contributed by atoms with Crippen LogP contribution >= 0.6 is 23.4 Å². The molecular weight excluding hydrogens is 511 g/mol. The van der Waals surface area contributed by atoms with Gasteiger partial charge in [0, 0.05) is 33.2 Å². The summed E-state index contributed by atoms with van der Waals surface area (Å²) < 4.78 is 15.0. The Morgan fingerprint density at radius 1 is 1.00 bits per heavy atom. The first-order valence-electron chi connectivity index (χ1n) is 11.3. The number of amides is 2. The summed E-state index contributed by atoms with van der Waals surface area (Å²) in [6, 6.07) is 23.8. The Labute approximate surface area is 223 Å². The molecule has 0 saturated heterocycles. The van der Waals surface area contributed by atoms with Crippen molar-refractivity contribution in [2.45, 2.75) is 12.8 Å². The molecule has 6 nitrogen and oxygen atoms in total. The molecule has 2 amide bonds. The van der Waals surface area contributed by atoms with Crippen LogP contribution in [-0.4, -0.2) is 17.6 Å². The number of hydrogen-bond acceptors (Lipinski definition) is 5. The fraction of sp³-hybridized carbons (Fsp3) is 0.107. The lowest BCUT2D eigenvalue weighted by Gasteiger charge is -2.30. The molecule has 4 rings (SSSR count). The number of nitrogens with one attached hydrogen (secondary N) is 3. The summed E-state index contributed by atoms with van der Waals surface area (Å²) in [6.45, 7) is 1.68. The molecule has 0 fully saturated rings. The lowest BCUT2D eigenvalue weighted by molar-refractivity contribution is -0.114. The fourth-order valence-corrected chi connectivity index (χ4v) is 4.95. The molecule has 3 aromatic carbocycles. The van der Waals surface area contributed by atoms with Crippen LogP contribution in [0.3, 0.4) is 0 Å². The Hall–Kier alpha value is -4.06. The predicted molar refractivity (Wildman–Crippen MR) is 145 cm³/mol. The second-order valence-electron chi connectivity index (χ2n) is 8.14. The second-order valence-corrected chi connectivity index (χ2v) is 9.56. The van der Waals surface area contributed by atoms with Crippen molar-refractivity contribution < 1.29 is 14.0 Å². The van der Waals surface area contributed by atoms with Crippen LogP contribution in [0.1, 0.15) is 18.4 Å². The molecule has 37 heavy (non-hydrogen) atoms. The lowest BCUT2D eigenvalue weighted by atomic mass is 9.82. The van der Waals surface area contributed by atoms with Gasteiger partial charge in [0.2, 0.25) is 5.91 Å². The molecule has 0 aliphatic carbocycles. The number of hydrogen-bond donors (Lipinski definition) is 3. The zero-order chi connectivity index (χ0) is 26.4. The number of nitriles is 1. The number of benzene rings is 3. The van der Waals surface area contributed by atoms with Gasteiger partial charge in [-0.1, -0.05) is 59.8 Å². The topological polar surface area (TPSA) is 94.0 Å². The molecule has 1 aliphatic rings. The number of rotatable bonds is 7. The molecule has 0 saturated carbocycles. The maximum atomic E-state index is 15.0. The molecule has 1 heterocycles. The van der Waals surface area contributed by atoms with Crippen molar-refractivity contribution in [2.75, 3.05) is 16.4 Å². The quantitative estimate of drug-likeness (QED) is 0.337. The van der Waals surface area contributed by atoms with Gasteiger partial charge in [0.25, 0.3) is 5.91 Å². The van der Waals surface area contributed by atoms with Gasteiger partial charge in [-0.2, -0.15) is 5.26 Å². The number of nitrogens with zero attached hydrogens (tertiary/aromatic N) is 1. The summed E-state index contributed by atoms with van der Waals surface area (Å²) in [5.74, 6) is -2.26. The van der Waals surface area contributed by atoms with Gasteiger partial charge in [-0.15, -0.1) is 0 Å². The second kappa shape index (κ2) is 11.8. The minimum absolute atomic E-state index is 0.00594. The normalized spacial score (nSPS) is 15.0. The van der Waals surface area contributed by atoms with E-state index in [0.29, 0.717) is 27.1 Å². The van der Waals surface area contributed by atoms with E-state index in [1.165, 1.54) is 6.07 Å². The van der Waals surface area contributed by atoms with E-state index in [1.54, 1.807) is 61.5 Å². The highest BCUT2D eigenvalue weighted by Gasteiger charge is 2.36. The minimum Gasteiger partial charge on any atom is -0.353 e. The van der Waals surface area contributed by atoms with Crippen molar-refractivity contribution >= 4 is 46.6 Å². The van der Waals surface area contributed by atoms with Crippen LogP contribution in [0.25, 0.3) is 0 Å². The van der Waals surface area contributed by atoms with E-state index in [9.17, 15) is 14.9 Å². The van der Waals surface area contributed by atoms with E-state index in [1.807, 2.05) is 18.2 Å². The van der Waals surface area contributed by atoms with Crippen molar-refractivity contribution in [3.63, 3.8) is 0 Å². The molecule has 0 radical (unpaired) electrons. The van der Waals surface area contributed by atoms with Gasteiger partial charge < -0.3 is 16.0 Å². The number of anilines is 2. The number of carbonyl (C=O) groups excluding carboxylic acids is 2. The van der Waals surface area contributed by atoms with Crippen molar-refractivity contribution in [1.82, 2.24) is 5.32 Å². The van der Waals surface area contributed by atoms with Crippen LogP contribution < -0.4 is 16.0 Å². The monoisotopic (exact) mass is 532 g/mol. The van der Waals surface area contributed by atoms with Crippen LogP contribution in [0.5, 0.6) is 0 Å². The maximum absolute atomic E-state index is 15.0. The SMILES string of the molecule is CC1=C(C(=O)Nc2ccc(Cl)cc2)[C@H](c2ccccc2F)C(C#N)=C(SCC(=O)Nc2ccccc2)N1. The Kier molecular flexibility index (Phi) is 8.29. The average molecular weight is 533 g/mol. The zero-order valence-corrected chi connectivity index (χ0v) is 21.3. The Morgan fingerprint density at radius 3 is 2.32 bits per heavy atom. The Bertz CT molecular complexity index is 1430. The van der Waals surface area contributed by atoms with Gasteiger partial charge >= 0.3 is 0 Å². The molecule has 0 unspecified atom stereocenters. The molecule has 186 valence electrons. The fourth-order valence-electron chi connectivity index (χ4n) is 3.94. The van der Waals surface area contributed by atoms with Crippen LogP contribution in [0.4, 0.5) is 15.8 Å². The molecular formula is C28H22ClFN4O2S. The molecule has 1 aliphatic heterocycles. The van der Waals surface area contributed by atoms with Gasteiger partial charge in [-0.05, 0) is 49.4 Å². The third-order valence-corrected chi connectivity index (χ3v) is 6.88. The Balaban J connectivity index is 1.65. The molecule has 3 N–H and O–H groups in total. The summed E-state index contributed by atoms with van der Waals surface area (Å²) in [6.07, 6.45) is 0. The lowest BCUT2D eigenvalue weighted by Crippen LogP contribution is -2.31. The van der Waals surface area contributed by atoms with Crippen LogP contribution in [0.15, 0.2) is 101 Å².